The van der Waals surface area contributed by atoms with Crippen molar-refractivity contribution < 1.29 is 71.7 Å². The molecule has 0 bridgehead atoms. The molecule has 0 aromatic heterocycles. The molecule has 12 heteroatoms. The van der Waals surface area contributed by atoms with Crippen LogP contribution in [0.2, 0.25) is 0 Å². The maximum atomic E-state index is 8.35. The van der Waals surface area contributed by atoms with E-state index in [1.165, 1.54) is 0 Å². The number of rotatable bonds is 0. The van der Waals surface area contributed by atoms with Crippen molar-refractivity contribution in [3.63, 3.8) is 0 Å². The Kier molecular flexibility index (Phi) is 281. The zero-order valence-electron chi connectivity index (χ0n) is 7.79. The Morgan fingerprint density at radius 2 is 0.750 bits per heavy atom. The van der Waals surface area contributed by atoms with E-state index in [-0.39, 0.29) is 43.4 Å². The van der Waals surface area contributed by atoms with Gasteiger partial charge in [-0.25, -0.2) is 0 Å². The van der Waals surface area contributed by atoms with Gasteiger partial charge >= 0.3 is 32.4 Å². The van der Waals surface area contributed by atoms with Gasteiger partial charge in [0.2, 0.25) is 0 Å². The molecular weight excluding hydrogens is 244 g/mol. The molecule has 0 saturated heterocycles. The summed E-state index contributed by atoms with van der Waals surface area (Å²) in [6.45, 7) is 0. The van der Waals surface area contributed by atoms with Gasteiger partial charge < -0.3 is 25.6 Å². The van der Waals surface area contributed by atoms with Crippen LogP contribution in [0.1, 0.15) is 2.85 Å². The summed E-state index contributed by atoms with van der Waals surface area (Å²) in [5.41, 5.74) is 0. The number of hydrogen-bond acceptors (Lipinski definition) is 6. The van der Waals surface area contributed by atoms with Crippen LogP contribution in [-0.2, 0) is 13.7 Å². The molecule has 0 amide bonds. The molecule has 70 valence electrons. The van der Waals surface area contributed by atoms with Crippen molar-refractivity contribution in [3.8, 4) is 0 Å². The van der Waals surface area contributed by atoms with Crippen LogP contribution in [0.15, 0.2) is 0 Å². The Bertz CT molecular complexity index is 59.3. The second kappa shape index (κ2) is 88.7. The largest absolute Gasteiger partial charge is 1.00 e. The van der Waals surface area contributed by atoms with Gasteiger partial charge in [-0.1, -0.05) is 0 Å². The monoisotopic (exact) mass is 250 g/mol. The molecule has 0 atom stereocenters. The second-order valence-corrected chi connectivity index (χ2v) is 0.671. The minimum Gasteiger partial charge on any atom is -0.772 e. The van der Waals surface area contributed by atoms with Gasteiger partial charge in [0, 0.05) is 0 Å². The first-order chi connectivity index (χ1) is 4.24. The first-order valence-electron chi connectivity index (χ1n) is 1.10. The summed E-state index contributed by atoms with van der Waals surface area (Å²) in [4.78, 5) is 25.0. The van der Waals surface area contributed by atoms with Crippen molar-refractivity contribution in [2.45, 2.75) is 0 Å². The third-order valence-electron chi connectivity index (χ3n) is 0. The van der Waals surface area contributed by atoms with Crippen molar-refractivity contribution in [2.24, 2.45) is 0 Å². The molecule has 0 spiro atoms. The van der Waals surface area contributed by atoms with Crippen LogP contribution < -0.4 is 44.2 Å². The minimum atomic E-state index is -1.08. The molecule has 0 unspecified atom stereocenters. The van der Waals surface area contributed by atoms with Crippen molar-refractivity contribution in [1.82, 2.24) is 0 Å². The fourth-order valence-electron chi connectivity index (χ4n) is 0. The SMILES string of the molecule is O.O.O=P[O-].O=P[O-].O=P[O-].[H+].[H+].[Na+]. The zero-order valence-corrected chi connectivity index (χ0v) is 10.5. The molecule has 0 saturated carbocycles. The van der Waals surface area contributed by atoms with E-state index in [0.29, 0.717) is 0 Å². The molecule has 4 N–H and O–H groups in total. The van der Waals surface area contributed by atoms with E-state index in [4.69, 9.17) is 28.4 Å². The van der Waals surface area contributed by atoms with Gasteiger partial charge in [0.25, 0.3) is 0 Å². The van der Waals surface area contributed by atoms with Crippen LogP contribution in [0.4, 0.5) is 0 Å². The van der Waals surface area contributed by atoms with Gasteiger partial charge in [-0.2, -0.15) is 0 Å². The van der Waals surface area contributed by atoms with Crippen molar-refractivity contribution in [3.05, 3.63) is 0 Å². The van der Waals surface area contributed by atoms with Gasteiger partial charge in [0.1, 0.15) is 0 Å². The Morgan fingerprint density at radius 3 is 0.750 bits per heavy atom. The molecule has 0 fully saturated rings. The van der Waals surface area contributed by atoms with E-state index >= 15 is 0 Å². The summed E-state index contributed by atoms with van der Waals surface area (Å²) < 4.78 is 25.0. The second-order valence-electron chi connectivity index (χ2n) is 0.224. The molecule has 0 aromatic carbocycles. The third-order valence-corrected chi connectivity index (χ3v) is 0. The van der Waals surface area contributed by atoms with Gasteiger partial charge in [-0.05, 0) is 0 Å². The van der Waals surface area contributed by atoms with E-state index in [1.54, 1.807) is 0 Å². The summed E-state index contributed by atoms with van der Waals surface area (Å²) in [5, 5.41) is 0. The van der Waals surface area contributed by atoms with Crippen molar-refractivity contribution in [2.75, 3.05) is 0 Å². The van der Waals surface area contributed by atoms with Gasteiger partial charge in [0.15, 0.2) is 0 Å². The molecule has 0 rings (SSSR count). The summed E-state index contributed by atoms with van der Waals surface area (Å²) in [6.07, 6.45) is 0. The van der Waals surface area contributed by atoms with Crippen LogP contribution in [0, 0.1) is 0 Å². The molecule has 0 aliphatic rings. The van der Waals surface area contributed by atoms with Crippen LogP contribution in [-0.4, -0.2) is 11.0 Å². The van der Waals surface area contributed by atoms with Crippen LogP contribution in [0.5, 0.6) is 0 Å². The van der Waals surface area contributed by atoms with E-state index in [9.17, 15) is 0 Å². The molecular formula is H6NaO8P3. The Labute approximate surface area is 97.7 Å². The summed E-state index contributed by atoms with van der Waals surface area (Å²) >= 11 is 0. The fraction of sp³-hybridized carbons (Fsp3) is 0. The average molecular weight is 250 g/mol. The summed E-state index contributed by atoms with van der Waals surface area (Å²) in [7, 11) is -3.25. The molecule has 0 radical (unpaired) electrons. The normalized spacial score (nSPS) is 5.25. The summed E-state index contributed by atoms with van der Waals surface area (Å²) in [5.74, 6) is 0. The maximum Gasteiger partial charge on any atom is 1.00 e. The molecule has 0 aliphatic heterocycles. The Morgan fingerprint density at radius 1 is 0.750 bits per heavy atom. The standard InChI is InChI=1S/Na.3HO2P.2H2O/c;3*1-3-2;;/h;3*(H,1,2);2*1H2/q+1;;;;;/p-1. The Hall–Kier alpha value is 1.10. The first kappa shape index (κ1) is 38.0. The molecule has 12 heavy (non-hydrogen) atoms. The van der Waals surface area contributed by atoms with E-state index in [0.717, 1.165) is 0 Å². The fourth-order valence-corrected chi connectivity index (χ4v) is 0. The topological polar surface area (TPSA) is 183 Å². The average Bonchev–Trinajstić information content (AvgIpc) is 1.70. The van der Waals surface area contributed by atoms with Gasteiger partial charge in [-0.3, -0.25) is 13.7 Å². The molecule has 8 nitrogen and oxygen atoms in total. The molecule has 0 aromatic rings. The number of hydrogen-bond donors (Lipinski definition) is 0. The van der Waals surface area contributed by atoms with Crippen LogP contribution >= 0.6 is 26.1 Å². The van der Waals surface area contributed by atoms with Crippen LogP contribution in [0.3, 0.4) is 0 Å². The van der Waals surface area contributed by atoms with E-state index < -0.39 is 26.1 Å². The van der Waals surface area contributed by atoms with Gasteiger partial charge in [-0.15, -0.1) is 0 Å². The summed E-state index contributed by atoms with van der Waals surface area (Å²) in [6, 6.07) is 0. The Balaban J connectivity index is -0.00000000545. The zero-order chi connectivity index (χ0) is 8.12. The maximum absolute atomic E-state index is 8.35. The smallest absolute Gasteiger partial charge is 0.772 e. The van der Waals surface area contributed by atoms with Gasteiger partial charge in [0.05, 0.1) is 26.1 Å². The van der Waals surface area contributed by atoms with E-state index in [2.05, 4.69) is 0 Å². The third kappa shape index (κ3) is 936. The van der Waals surface area contributed by atoms with E-state index in [1.807, 2.05) is 0 Å². The quantitative estimate of drug-likeness (QED) is 0.304. The van der Waals surface area contributed by atoms with Crippen molar-refractivity contribution in [1.29, 1.82) is 0 Å². The van der Waals surface area contributed by atoms with Crippen LogP contribution in [0.25, 0.3) is 0 Å². The predicted octanol–water partition coefficient (Wildman–Crippen LogP) is -5.76. The first-order valence-corrected chi connectivity index (χ1v) is 3.29. The van der Waals surface area contributed by atoms with Crippen molar-refractivity contribution >= 4 is 26.1 Å². The predicted molar refractivity (Wildman–Crippen MR) is 32.3 cm³/mol. The molecule has 0 heterocycles. The minimum absolute atomic E-state index is 0. The molecule has 0 aliphatic carbocycles.